The number of carbonyl (C=O) groups is 2. The molecule has 2 aromatic carbocycles. The SMILES string of the molecule is O=C1c2ccccc2C(=O)N1CCCCCc1ccc(F)cc1. The van der Waals surface area contributed by atoms with Crippen LogP contribution in [0.3, 0.4) is 0 Å². The number of carbonyl (C=O) groups excluding carboxylic acids is 2. The van der Waals surface area contributed by atoms with E-state index in [0.29, 0.717) is 17.7 Å². The van der Waals surface area contributed by atoms with Crippen molar-refractivity contribution in [1.82, 2.24) is 4.90 Å². The minimum Gasteiger partial charge on any atom is -0.274 e. The normalized spacial score (nSPS) is 13.5. The summed E-state index contributed by atoms with van der Waals surface area (Å²) in [5.41, 5.74) is 2.11. The van der Waals surface area contributed by atoms with E-state index in [2.05, 4.69) is 0 Å². The van der Waals surface area contributed by atoms with Crippen LogP contribution in [-0.4, -0.2) is 23.3 Å². The third-order valence-corrected chi connectivity index (χ3v) is 4.14. The van der Waals surface area contributed by atoms with Crippen molar-refractivity contribution in [2.75, 3.05) is 6.54 Å². The predicted molar refractivity (Wildman–Crippen MR) is 85.8 cm³/mol. The second-order valence-electron chi connectivity index (χ2n) is 5.74. The molecule has 0 aromatic heterocycles. The number of aryl methyl sites for hydroxylation is 1. The summed E-state index contributed by atoms with van der Waals surface area (Å²) in [5, 5.41) is 0. The Bertz CT molecular complexity index is 689. The van der Waals surface area contributed by atoms with Crippen molar-refractivity contribution in [3.63, 3.8) is 0 Å². The Morgan fingerprint density at radius 3 is 2.00 bits per heavy atom. The summed E-state index contributed by atoms with van der Waals surface area (Å²) in [6, 6.07) is 13.5. The highest BCUT2D eigenvalue weighted by Crippen LogP contribution is 2.22. The quantitative estimate of drug-likeness (QED) is 0.600. The van der Waals surface area contributed by atoms with E-state index in [1.807, 2.05) is 0 Å². The van der Waals surface area contributed by atoms with Crippen LogP contribution in [0.2, 0.25) is 0 Å². The van der Waals surface area contributed by atoms with Gasteiger partial charge in [0, 0.05) is 6.54 Å². The first-order valence-electron chi connectivity index (χ1n) is 7.86. The van der Waals surface area contributed by atoms with E-state index < -0.39 is 0 Å². The van der Waals surface area contributed by atoms with Gasteiger partial charge >= 0.3 is 0 Å². The Balaban J connectivity index is 1.46. The minimum atomic E-state index is -0.223. The van der Waals surface area contributed by atoms with Gasteiger partial charge in [0.05, 0.1) is 11.1 Å². The van der Waals surface area contributed by atoms with E-state index >= 15 is 0 Å². The van der Waals surface area contributed by atoms with E-state index in [-0.39, 0.29) is 17.6 Å². The number of hydrogen-bond acceptors (Lipinski definition) is 2. The van der Waals surface area contributed by atoms with Crippen molar-refractivity contribution in [2.45, 2.75) is 25.7 Å². The lowest BCUT2D eigenvalue weighted by molar-refractivity contribution is 0.0651. The number of fused-ring (bicyclic) bond motifs is 1. The summed E-state index contributed by atoms with van der Waals surface area (Å²) in [6.07, 6.45) is 3.54. The molecule has 2 amide bonds. The van der Waals surface area contributed by atoms with Gasteiger partial charge in [-0.2, -0.15) is 0 Å². The molecule has 0 spiro atoms. The zero-order valence-corrected chi connectivity index (χ0v) is 12.8. The molecule has 0 N–H and O–H groups in total. The Morgan fingerprint density at radius 1 is 0.783 bits per heavy atom. The zero-order valence-electron chi connectivity index (χ0n) is 12.8. The Kier molecular flexibility index (Phi) is 4.51. The molecule has 0 radical (unpaired) electrons. The van der Waals surface area contributed by atoms with Crippen LogP contribution < -0.4 is 0 Å². The lowest BCUT2D eigenvalue weighted by Gasteiger charge is -2.13. The number of unbranched alkanes of at least 4 members (excludes halogenated alkanes) is 2. The fraction of sp³-hybridized carbons (Fsp3) is 0.263. The number of halogens is 1. The summed E-state index contributed by atoms with van der Waals surface area (Å²) >= 11 is 0. The van der Waals surface area contributed by atoms with Crippen LogP contribution >= 0.6 is 0 Å². The van der Waals surface area contributed by atoms with Gasteiger partial charge in [-0.05, 0) is 49.1 Å². The molecule has 23 heavy (non-hydrogen) atoms. The van der Waals surface area contributed by atoms with Crippen LogP contribution in [0.4, 0.5) is 4.39 Å². The van der Waals surface area contributed by atoms with Gasteiger partial charge in [-0.15, -0.1) is 0 Å². The zero-order chi connectivity index (χ0) is 16.2. The summed E-state index contributed by atoms with van der Waals surface area (Å²) in [4.78, 5) is 25.7. The van der Waals surface area contributed by atoms with Crippen molar-refractivity contribution in [3.05, 3.63) is 71.0 Å². The molecule has 0 saturated heterocycles. The molecular weight excluding hydrogens is 293 g/mol. The maximum absolute atomic E-state index is 12.8. The van der Waals surface area contributed by atoms with Gasteiger partial charge < -0.3 is 0 Å². The molecule has 0 bridgehead atoms. The van der Waals surface area contributed by atoms with E-state index in [1.165, 1.54) is 17.0 Å². The standard InChI is InChI=1S/C19H18FNO2/c20-15-11-9-14(10-12-15)6-2-1-5-13-21-18(22)16-7-3-4-8-17(16)19(21)23/h3-4,7-12H,1-2,5-6,13H2. The third kappa shape index (κ3) is 3.31. The van der Waals surface area contributed by atoms with Gasteiger partial charge in [-0.25, -0.2) is 4.39 Å². The first kappa shape index (κ1) is 15.4. The van der Waals surface area contributed by atoms with Crippen LogP contribution in [0.5, 0.6) is 0 Å². The molecular formula is C19H18FNO2. The molecule has 0 unspecified atom stereocenters. The Hall–Kier alpha value is -2.49. The largest absolute Gasteiger partial charge is 0.274 e. The van der Waals surface area contributed by atoms with Crippen LogP contribution in [0.1, 0.15) is 45.5 Å². The molecule has 0 saturated carbocycles. The van der Waals surface area contributed by atoms with Crippen LogP contribution in [0.25, 0.3) is 0 Å². The van der Waals surface area contributed by atoms with Crippen LogP contribution in [0, 0.1) is 5.82 Å². The second kappa shape index (κ2) is 6.73. The lowest BCUT2D eigenvalue weighted by Crippen LogP contribution is -2.30. The summed E-state index contributed by atoms with van der Waals surface area (Å²) in [7, 11) is 0. The molecule has 3 nitrogen and oxygen atoms in total. The van der Waals surface area contributed by atoms with E-state index in [9.17, 15) is 14.0 Å². The van der Waals surface area contributed by atoms with Crippen molar-refractivity contribution >= 4 is 11.8 Å². The van der Waals surface area contributed by atoms with Crippen molar-refractivity contribution in [3.8, 4) is 0 Å². The average molecular weight is 311 g/mol. The molecule has 3 rings (SSSR count). The van der Waals surface area contributed by atoms with Crippen LogP contribution in [-0.2, 0) is 6.42 Å². The summed E-state index contributed by atoms with van der Waals surface area (Å²) in [6.45, 7) is 0.454. The van der Waals surface area contributed by atoms with Crippen molar-refractivity contribution < 1.29 is 14.0 Å². The second-order valence-corrected chi connectivity index (χ2v) is 5.74. The first-order chi connectivity index (χ1) is 11.2. The highest BCUT2D eigenvalue weighted by atomic mass is 19.1. The molecule has 0 fully saturated rings. The number of rotatable bonds is 6. The van der Waals surface area contributed by atoms with Gasteiger partial charge in [0.25, 0.3) is 11.8 Å². The van der Waals surface area contributed by atoms with E-state index in [4.69, 9.17) is 0 Å². The lowest BCUT2D eigenvalue weighted by atomic mass is 10.1. The number of imide groups is 1. The Labute approximate surface area is 134 Å². The molecule has 4 heteroatoms. The van der Waals surface area contributed by atoms with Crippen LogP contribution in [0.15, 0.2) is 48.5 Å². The molecule has 2 aromatic rings. The maximum Gasteiger partial charge on any atom is 0.261 e. The number of hydrogen-bond donors (Lipinski definition) is 0. The number of nitrogens with zero attached hydrogens (tertiary/aromatic N) is 1. The molecule has 1 aliphatic heterocycles. The average Bonchev–Trinajstić information content (AvgIpc) is 2.81. The van der Waals surface area contributed by atoms with Gasteiger partial charge in [0.15, 0.2) is 0 Å². The highest BCUT2D eigenvalue weighted by Gasteiger charge is 2.34. The Morgan fingerprint density at radius 2 is 1.39 bits per heavy atom. The van der Waals surface area contributed by atoms with Gasteiger partial charge in [0.1, 0.15) is 5.82 Å². The predicted octanol–water partition coefficient (Wildman–Crippen LogP) is 3.83. The van der Waals surface area contributed by atoms with Gasteiger partial charge in [0.2, 0.25) is 0 Å². The molecule has 0 aliphatic carbocycles. The minimum absolute atomic E-state index is 0.191. The molecule has 0 atom stereocenters. The first-order valence-corrected chi connectivity index (χ1v) is 7.86. The van der Waals surface area contributed by atoms with E-state index in [1.54, 1.807) is 36.4 Å². The van der Waals surface area contributed by atoms with Gasteiger partial charge in [-0.1, -0.05) is 30.7 Å². The topological polar surface area (TPSA) is 37.4 Å². The highest BCUT2D eigenvalue weighted by molar-refractivity contribution is 6.21. The molecule has 1 aliphatic rings. The third-order valence-electron chi connectivity index (χ3n) is 4.14. The fourth-order valence-corrected chi connectivity index (χ4v) is 2.87. The van der Waals surface area contributed by atoms with E-state index in [0.717, 1.165) is 31.2 Å². The molecule has 118 valence electrons. The number of amides is 2. The van der Waals surface area contributed by atoms with Crippen molar-refractivity contribution in [1.29, 1.82) is 0 Å². The van der Waals surface area contributed by atoms with Gasteiger partial charge in [-0.3, -0.25) is 14.5 Å². The van der Waals surface area contributed by atoms with Crippen molar-refractivity contribution in [2.24, 2.45) is 0 Å². The number of benzene rings is 2. The smallest absolute Gasteiger partial charge is 0.261 e. The monoisotopic (exact) mass is 311 g/mol. The molecule has 1 heterocycles. The maximum atomic E-state index is 12.8. The summed E-state index contributed by atoms with van der Waals surface area (Å²) in [5.74, 6) is -0.604. The fourth-order valence-electron chi connectivity index (χ4n) is 2.87. The summed E-state index contributed by atoms with van der Waals surface area (Å²) < 4.78 is 12.8.